The molecular weight excluding hydrogens is 276 g/mol. The molecule has 4 nitrogen and oxygen atoms in total. The molecule has 0 spiro atoms. The van der Waals surface area contributed by atoms with E-state index < -0.39 is 0 Å². The van der Waals surface area contributed by atoms with Crippen LogP contribution in [-0.2, 0) is 9.53 Å². The molecule has 22 heavy (non-hydrogen) atoms. The first-order valence-corrected chi connectivity index (χ1v) is 8.81. The minimum atomic E-state index is -0.285. The third kappa shape index (κ3) is 4.45. The van der Waals surface area contributed by atoms with Gasteiger partial charge in [-0.1, -0.05) is 0 Å². The second kappa shape index (κ2) is 6.88. The van der Waals surface area contributed by atoms with Crippen LogP contribution in [0.1, 0.15) is 53.4 Å². The molecule has 0 amide bonds. The highest BCUT2D eigenvalue weighted by atomic mass is 16.5. The number of carbonyl (C=O) groups excluding carboxylic acids is 1. The first kappa shape index (κ1) is 17.7. The summed E-state index contributed by atoms with van der Waals surface area (Å²) >= 11 is 0. The van der Waals surface area contributed by atoms with Gasteiger partial charge in [-0.25, -0.2) is 0 Å². The second-order valence-corrected chi connectivity index (χ2v) is 8.56. The first-order valence-electron chi connectivity index (χ1n) is 8.81. The normalized spacial score (nSPS) is 25.1. The monoisotopic (exact) mass is 310 g/mol. The molecule has 0 aliphatic carbocycles. The average molecular weight is 310 g/mol. The molecule has 2 aliphatic heterocycles. The van der Waals surface area contributed by atoms with E-state index in [4.69, 9.17) is 4.74 Å². The van der Waals surface area contributed by atoms with Gasteiger partial charge in [0.2, 0.25) is 0 Å². The van der Waals surface area contributed by atoms with Crippen LogP contribution in [-0.4, -0.2) is 61.1 Å². The Labute approximate surface area is 136 Å². The van der Waals surface area contributed by atoms with Crippen LogP contribution in [0.4, 0.5) is 0 Å². The molecule has 0 saturated carbocycles. The first-order chi connectivity index (χ1) is 10.2. The summed E-state index contributed by atoms with van der Waals surface area (Å²) < 4.78 is 5.70. The summed E-state index contributed by atoms with van der Waals surface area (Å²) in [5, 5.41) is 0. The highest BCUT2D eigenvalue weighted by Gasteiger charge is 2.40. The summed E-state index contributed by atoms with van der Waals surface area (Å²) in [5.74, 6) is 0.582. The van der Waals surface area contributed by atoms with E-state index >= 15 is 0 Å². The Morgan fingerprint density at radius 3 is 2.18 bits per heavy atom. The smallest absolute Gasteiger partial charge is 0.311 e. The van der Waals surface area contributed by atoms with Gasteiger partial charge in [0.1, 0.15) is 0 Å². The van der Waals surface area contributed by atoms with Crippen LogP contribution in [0.15, 0.2) is 0 Å². The lowest BCUT2D eigenvalue weighted by atomic mass is 9.79. The fourth-order valence-corrected chi connectivity index (χ4v) is 3.47. The fraction of sp³-hybridized carbons (Fsp3) is 0.944. The molecule has 128 valence electrons. The number of rotatable bonds is 3. The maximum Gasteiger partial charge on any atom is 0.311 e. The Kier molecular flexibility index (Phi) is 5.54. The van der Waals surface area contributed by atoms with Crippen LogP contribution in [0.2, 0.25) is 0 Å². The maximum atomic E-state index is 12.5. The lowest BCUT2D eigenvalue weighted by Crippen LogP contribution is -2.50. The van der Waals surface area contributed by atoms with Crippen LogP contribution >= 0.6 is 0 Å². The van der Waals surface area contributed by atoms with E-state index in [1.165, 1.54) is 0 Å². The summed E-state index contributed by atoms with van der Waals surface area (Å²) in [6.45, 7) is 13.7. The molecule has 0 aromatic rings. The molecule has 2 rings (SSSR count). The largest absolute Gasteiger partial charge is 0.465 e. The number of likely N-dealkylation sites (tertiary alicyclic amines) is 2. The van der Waals surface area contributed by atoms with Crippen molar-refractivity contribution in [3.63, 3.8) is 0 Å². The highest BCUT2D eigenvalue weighted by Crippen LogP contribution is 2.35. The predicted molar refractivity (Wildman–Crippen MR) is 89.8 cm³/mol. The van der Waals surface area contributed by atoms with Gasteiger partial charge in [-0.15, -0.1) is 0 Å². The van der Waals surface area contributed by atoms with Gasteiger partial charge in [-0.2, -0.15) is 0 Å². The van der Waals surface area contributed by atoms with Crippen LogP contribution < -0.4 is 0 Å². The van der Waals surface area contributed by atoms with Gasteiger partial charge < -0.3 is 9.64 Å². The molecule has 0 aromatic heterocycles. The topological polar surface area (TPSA) is 32.8 Å². The van der Waals surface area contributed by atoms with E-state index in [-0.39, 0.29) is 16.9 Å². The molecule has 2 fully saturated rings. The number of hydrogen-bond donors (Lipinski definition) is 0. The van der Waals surface area contributed by atoms with Gasteiger partial charge >= 0.3 is 5.97 Å². The van der Waals surface area contributed by atoms with Crippen LogP contribution in [0.5, 0.6) is 0 Å². The zero-order valence-corrected chi connectivity index (χ0v) is 15.2. The van der Waals surface area contributed by atoms with Crippen molar-refractivity contribution in [3.8, 4) is 0 Å². The lowest BCUT2D eigenvalue weighted by molar-refractivity contribution is -0.160. The molecule has 0 aromatic carbocycles. The van der Waals surface area contributed by atoms with Crippen LogP contribution in [0.3, 0.4) is 0 Å². The predicted octanol–water partition coefficient (Wildman–Crippen LogP) is 2.77. The highest BCUT2D eigenvalue weighted by molar-refractivity contribution is 5.76. The third-order valence-corrected chi connectivity index (χ3v) is 5.60. The Balaban J connectivity index is 1.77. The van der Waals surface area contributed by atoms with E-state index in [9.17, 15) is 4.79 Å². The summed E-state index contributed by atoms with van der Waals surface area (Å²) in [6, 6.07) is 0. The zero-order chi connectivity index (χ0) is 16.4. The summed E-state index contributed by atoms with van der Waals surface area (Å²) in [4.78, 5) is 17.4. The number of carbonyl (C=O) groups is 1. The van der Waals surface area contributed by atoms with E-state index in [0.717, 1.165) is 51.9 Å². The van der Waals surface area contributed by atoms with Gasteiger partial charge in [-0.3, -0.25) is 9.69 Å². The minimum absolute atomic E-state index is 0.0278. The lowest BCUT2D eigenvalue weighted by Gasteiger charge is -2.44. The van der Waals surface area contributed by atoms with Crippen molar-refractivity contribution in [2.75, 3.05) is 39.8 Å². The number of hydrogen-bond acceptors (Lipinski definition) is 4. The SMILES string of the molecule is CN1CCC(COC(=O)C2(C)CCN(C(C)(C)C)CC2)CC1. The van der Waals surface area contributed by atoms with Crippen molar-refractivity contribution in [2.24, 2.45) is 11.3 Å². The van der Waals surface area contributed by atoms with Gasteiger partial charge in [0, 0.05) is 5.54 Å². The Morgan fingerprint density at radius 2 is 1.68 bits per heavy atom. The summed E-state index contributed by atoms with van der Waals surface area (Å²) in [6.07, 6.45) is 4.13. The van der Waals surface area contributed by atoms with Crippen LogP contribution in [0.25, 0.3) is 0 Å². The molecule has 2 aliphatic rings. The Bertz CT molecular complexity index is 373. The fourth-order valence-electron chi connectivity index (χ4n) is 3.47. The van der Waals surface area contributed by atoms with E-state index in [2.05, 4.69) is 44.5 Å². The van der Waals surface area contributed by atoms with Crippen molar-refractivity contribution in [1.82, 2.24) is 9.80 Å². The zero-order valence-electron chi connectivity index (χ0n) is 15.2. The molecule has 0 radical (unpaired) electrons. The van der Waals surface area contributed by atoms with Gasteiger partial charge in [0.05, 0.1) is 12.0 Å². The van der Waals surface area contributed by atoms with Gasteiger partial charge in [0.15, 0.2) is 0 Å². The van der Waals surface area contributed by atoms with Crippen molar-refractivity contribution in [3.05, 3.63) is 0 Å². The molecule has 0 bridgehead atoms. The molecule has 0 unspecified atom stereocenters. The van der Waals surface area contributed by atoms with E-state index in [1.807, 2.05) is 0 Å². The molecule has 4 heteroatoms. The van der Waals surface area contributed by atoms with Gasteiger partial charge in [-0.05, 0) is 92.5 Å². The maximum absolute atomic E-state index is 12.5. The quantitative estimate of drug-likeness (QED) is 0.751. The Morgan fingerprint density at radius 1 is 1.14 bits per heavy atom. The van der Waals surface area contributed by atoms with Crippen molar-refractivity contribution in [2.45, 2.75) is 58.9 Å². The minimum Gasteiger partial charge on any atom is -0.465 e. The molecular formula is C18H34N2O2. The average Bonchev–Trinajstić information content (AvgIpc) is 2.46. The van der Waals surface area contributed by atoms with E-state index in [0.29, 0.717) is 12.5 Å². The Hall–Kier alpha value is -0.610. The van der Waals surface area contributed by atoms with E-state index in [1.54, 1.807) is 0 Å². The van der Waals surface area contributed by atoms with Gasteiger partial charge in [0.25, 0.3) is 0 Å². The molecule has 2 heterocycles. The van der Waals surface area contributed by atoms with Crippen LogP contribution in [0, 0.1) is 11.3 Å². The molecule has 0 atom stereocenters. The van der Waals surface area contributed by atoms with Crippen molar-refractivity contribution < 1.29 is 9.53 Å². The summed E-state index contributed by atoms with van der Waals surface area (Å²) in [7, 11) is 2.16. The van der Waals surface area contributed by atoms with Crippen molar-refractivity contribution in [1.29, 1.82) is 0 Å². The second-order valence-electron chi connectivity index (χ2n) is 8.56. The molecule has 2 saturated heterocycles. The summed E-state index contributed by atoms with van der Waals surface area (Å²) in [5.41, 5.74) is -0.0907. The third-order valence-electron chi connectivity index (χ3n) is 5.60. The van der Waals surface area contributed by atoms with Crippen molar-refractivity contribution >= 4 is 5.97 Å². The number of piperidine rings is 2. The standard InChI is InChI=1S/C18H34N2O2/c1-17(2,3)20-12-8-18(4,9-13-20)16(21)22-14-15-6-10-19(5)11-7-15/h15H,6-14H2,1-5H3. The number of ether oxygens (including phenoxy) is 1. The number of nitrogens with zero attached hydrogens (tertiary/aromatic N) is 2. The molecule has 0 N–H and O–H groups in total. The number of esters is 1.